The molecule has 26 heavy (non-hydrogen) atoms. The summed E-state index contributed by atoms with van der Waals surface area (Å²) in [5.41, 5.74) is 1.91. The van der Waals surface area contributed by atoms with E-state index in [4.69, 9.17) is 14.2 Å². The molecule has 2 aromatic carbocycles. The first kappa shape index (κ1) is 21.9. The van der Waals surface area contributed by atoms with Crippen LogP contribution in [0.15, 0.2) is 47.5 Å². The number of nitrogens with one attached hydrogen (secondary N) is 2. The Morgan fingerprint density at radius 1 is 1.00 bits per heavy atom. The first-order valence-corrected chi connectivity index (χ1v) is 8.12. The number of para-hydroxylation sites is 1. The molecule has 0 aliphatic heterocycles. The van der Waals surface area contributed by atoms with Crippen molar-refractivity contribution in [1.82, 2.24) is 5.32 Å². The van der Waals surface area contributed by atoms with Crippen molar-refractivity contribution in [3.63, 3.8) is 0 Å². The second kappa shape index (κ2) is 11.5. The van der Waals surface area contributed by atoms with Crippen LogP contribution >= 0.6 is 24.0 Å². The van der Waals surface area contributed by atoms with Gasteiger partial charge < -0.3 is 24.8 Å². The van der Waals surface area contributed by atoms with Gasteiger partial charge in [0, 0.05) is 30.9 Å². The summed E-state index contributed by atoms with van der Waals surface area (Å²) in [6, 6.07) is 13.5. The highest BCUT2D eigenvalue weighted by molar-refractivity contribution is 14.0. The van der Waals surface area contributed by atoms with Crippen molar-refractivity contribution in [3.8, 4) is 17.2 Å². The van der Waals surface area contributed by atoms with Crippen LogP contribution in [0.3, 0.4) is 0 Å². The largest absolute Gasteiger partial charge is 0.496 e. The molecule has 0 aliphatic carbocycles. The number of benzene rings is 2. The Labute approximate surface area is 172 Å². The van der Waals surface area contributed by atoms with Crippen molar-refractivity contribution >= 4 is 35.6 Å². The average molecular weight is 471 g/mol. The van der Waals surface area contributed by atoms with Gasteiger partial charge in [-0.1, -0.05) is 18.2 Å². The molecule has 0 radical (unpaired) electrons. The summed E-state index contributed by atoms with van der Waals surface area (Å²) >= 11 is 0. The average Bonchev–Trinajstić information content (AvgIpc) is 2.65. The van der Waals surface area contributed by atoms with Crippen LogP contribution in [-0.4, -0.2) is 33.8 Å². The third-order valence-electron chi connectivity index (χ3n) is 3.59. The molecule has 0 amide bonds. The molecule has 2 rings (SSSR count). The second-order valence-corrected chi connectivity index (χ2v) is 5.16. The molecule has 0 saturated carbocycles. The molecule has 0 atom stereocenters. The van der Waals surface area contributed by atoms with Gasteiger partial charge in [-0.15, -0.1) is 24.0 Å². The lowest BCUT2D eigenvalue weighted by molar-refractivity contribution is 0.311. The standard InChI is InChI=1S/C19H25N3O3.HI/c1-5-25-18-12-15(10-11-17(18)24-4)22-19(20-2)21-13-14-8-6-7-9-16(14)23-3;/h6-12H,5,13H2,1-4H3,(H2,20,21,22);1H. The lowest BCUT2D eigenvalue weighted by Gasteiger charge is -2.15. The number of nitrogens with zero attached hydrogens (tertiary/aromatic N) is 1. The number of rotatable bonds is 7. The molecule has 2 N–H and O–H groups in total. The van der Waals surface area contributed by atoms with Crippen LogP contribution in [0.2, 0.25) is 0 Å². The number of methoxy groups -OCH3 is 2. The Balaban J connectivity index is 0.00000338. The van der Waals surface area contributed by atoms with Crippen LogP contribution in [0.5, 0.6) is 17.2 Å². The third kappa shape index (κ3) is 5.98. The highest BCUT2D eigenvalue weighted by atomic mass is 127. The zero-order chi connectivity index (χ0) is 18.1. The Bertz CT molecular complexity index is 723. The van der Waals surface area contributed by atoms with E-state index in [9.17, 15) is 0 Å². The zero-order valence-electron chi connectivity index (χ0n) is 15.5. The third-order valence-corrected chi connectivity index (χ3v) is 3.59. The fourth-order valence-corrected chi connectivity index (χ4v) is 2.37. The first-order valence-electron chi connectivity index (χ1n) is 8.12. The number of anilines is 1. The second-order valence-electron chi connectivity index (χ2n) is 5.16. The van der Waals surface area contributed by atoms with Gasteiger partial charge in [-0.2, -0.15) is 0 Å². The minimum Gasteiger partial charge on any atom is -0.496 e. The minimum absolute atomic E-state index is 0. The molecular weight excluding hydrogens is 445 g/mol. The fourth-order valence-electron chi connectivity index (χ4n) is 2.37. The van der Waals surface area contributed by atoms with Crippen molar-refractivity contribution in [2.45, 2.75) is 13.5 Å². The first-order chi connectivity index (χ1) is 12.2. The minimum atomic E-state index is 0. The Morgan fingerprint density at radius 2 is 1.73 bits per heavy atom. The summed E-state index contributed by atoms with van der Waals surface area (Å²) in [7, 11) is 5.02. The fraction of sp³-hybridized carbons (Fsp3) is 0.316. The molecule has 142 valence electrons. The number of hydrogen-bond donors (Lipinski definition) is 2. The normalized spacial score (nSPS) is 10.5. The molecule has 0 aromatic heterocycles. The Kier molecular flexibility index (Phi) is 9.64. The predicted octanol–water partition coefficient (Wildman–Crippen LogP) is 3.91. The van der Waals surface area contributed by atoms with E-state index in [1.165, 1.54) is 0 Å². The Morgan fingerprint density at radius 3 is 2.38 bits per heavy atom. The maximum atomic E-state index is 5.60. The number of ether oxygens (including phenoxy) is 3. The predicted molar refractivity (Wildman–Crippen MR) is 116 cm³/mol. The summed E-state index contributed by atoms with van der Waals surface area (Å²) < 4.78 is 16.3. The van der Waals surface area contributed by atoms with E-state index in [-0.39, 0.29) is 24.0 Å². The van der Waals surface area contributed by atoms with Gasteiger partial charge in [0.25, 0.3) is 0 Å². The van der Waals surface area contributed by atoms with Gasteiger partial charge in [0.2, 0.25) is 0 Å². The summed E-state index contributed by atoms with van der Waals surface area (Å²) in [5, 5.41) is 6.52. The van der Waals surface area contributed by atoms with E-state index in [1.807, 2.05) is 49.4 Å². The SMILES string of the molecule is CCOc1cc(NC(=NC)NCc2ccccc2OC)ccc1OC.I. The molecule has 0 heterocycles. The molecule has 6 nitrogen and oxygen atoms in total. The summed E-state index contributed by atoms with van der Waals surface area (Å²) in [5.74, 6) is 2.88. The molecule has 2 aromatic rings. The number of guanidine groups is 1. The lowest BCUT2D eigenvalue weighted by Crippen LogP contribution is -2.30. The van der Waals surface area contributed by atoms with Crippen molar-refractivity contribution < 1.29 is 14.2 Å². The van der Waals surface area contributed by atoms with E-state index in [2.05, 4.69) is 15.6 Å². The van der Waals surface area contributed by atoms with Crippen LogP contribution in [-0.2, 0) is 6.54 Å². The number of halogens is 1. The van der Waals surface area contributed by atoms with Crippen molar-refractivity contribution in [2.75, 3.05) is 33.2 Å². The van der Waals surface area contributed by atoms with Gasteiger partial charge in [-0.3, -0.25) is 4.99 Å². The molecule has 0 unspecified atom stereocenters. The lowest BCUT2D eigenvalue weighted by atomic mass is 10.2. The highest BCUT2D eigenvalue weighted by Gasteiger charge is 2.08. The van der Waals surface area contributed by atoms with Gasteiger partial charge in [0.15, 0.2) is 17.5 Å². The maximum Gasteiger partial charge on any atom is 0.195 e. The van der Waals surface area contributed by atoms with E-state index in [0.717, 1.165) is 17.0 Å². The smallest absolute Gasteiger partial charge is 0.195 e. The monoisotopic (exact) mass is 471 g/mol. The summed E-state index contributed by atoms with van der Waals surface area (Å²) in [4.78, 5) is 4.25. The number of aliphatic imine (C=N–C) groups is 1. The maximum absolute atomic E-state index is 5.60. The molecule has 7 heteroatoms. The molecule has 0 saturated heterocycles. The molecule has 0 fully saturated rings. The van der Waals surface area contributed by atoms with Gasteiger partial charge in [0.05, 0.1) is 20.8 Å². The van der Waals surface area contributed by atoms with Gasteiger partial charge >= 0.3 is 0 Å². The topological polar surface area (TPSA) is 64.1 Å². The van der Waals surface area contributed by atoms with E-state index in [1.54, 1.807) is 21.3 Å². The van der Waals surface area contributed by atoms with Crippen molar-refractivity contribution in [3.05, 3.63) is 48.0 Å². The van der Waals surface area contributed by atoms with Crippen LogP contribution in [0.1, 0.15) is 12.5 Å². The van der Waals surface area contributed by atoms with E-state index in [0.29, 0.717) is 30.6 Å². The molecule has 0 aliphatic rings. The molecular formula is C19H26IN3O3. The van der Waals surface area contributed by atoms with Gasteiger partial charge in [0.1, 0.15) is 5.75 Å². The van der Waals surface area contributed by atoms with Gasteiger partial charge in [-0.05, 0) is 25.1 Å². The quantitative estimate of drug-likeness (QED) is 0.364. The van der Waals surface area contributed by atoms with E-state index >= 15 is 0 Å². The van der Waals surface area contributed by atoms with Gasteiger partial charge in [-0.25, -0.2) is 0 Å². The Hall–Kier alpha value is -2.16. The van der Waals surface area contributed by atoms with Crippen LogP contribution in [0.25, 0.3) is 0 Å². The van der Waals surface area contributed by atoms with Crippen LogP contribution in [0, 0.1) is 0 Å². The summed E-state index contributed by atoms with van der Waals surface area (Å²) in [6.07, 6.45) is 0. The van der Waals surface area contributed by atoms with Crippen LogP contribution < -0.4 is 24.8 Å². The molecule has 0 spiro atoms. The van der Waals surface area contributed by atoms with Crippen molar-refractivity contribution in [2.24, 2.45) is 4.99 Å². The van der Waals surface area contributed by atoms with E-state index < -0.39 is 0 Å². The summed E-state index contributed by atoms with van der Waals surface area (Å²) in [6.45, 7) is 3.10. The number of hydrogen-bond acceptors (Lipinski definition) is 4. The van der Waals surface area contributed by atoms with Crippen LogP contribution in [0.4, 0.5) is 5.69 Å². The zero-order valence-corrected chi connectivity index (χ0v) is 17.9. The van der Waals surface area contributed by atoms with Crippen molar-refractivity contribution in [1.29, 1.82) is 0 Å². The molecule has 0 bridgehead atoms. The highest BCUT2D eigenvalue weighted by Crippen LogP contribution is 2.30.